The summed E-state index contributed by atoms with van der Waals surface area (Å²) in [5, 5.41) is 8.83. The number of hydrogen-bond acceptors (Lipinski definition) is 5. The van der Waals surface area contributed by atoms with Gasteiger partial charge in [-0.25, -0.2) is 0 Å². The molecule has 0 radical (unpaired) electrons. The Labute approximate surface area is 114 Å². The fourth-order valence-corrected chi connectivity index (χ4v) is 3.05. The van der Waals surface area contributed by atoms with Crippen LogP contribution in [0.3, 0.4) is 0 Å². The number of carbonyl (C=O) groups excluding carboxylic acids is 2. The Morgan fingerprint density at radius 2 is 2.26 bits per heavy atom. The number of ether oxygens (including phenoxy) is 1. The molecule has 2 aliphatic rings. The lowest BCUT2D eigenvalue weighted by atomic mass is 10.1. The Hall–Kier alpha value is -1.28. The van der Waals surface area contributed by atoms with E-state index in [4.69, 9.17) is 9.84 Å². The zero-order chi connectivity index (χ0) is 13.8. The van der Waals surface area contributed by atoms with Gasteiger partial charge in [0.05, 0.1) is 37.3 Å². The van der Waals surface area contributed by atoms with Gasteiger partial charge in [-0.2, -0.15) is 0 Å². The fraction of sp³-hybridized carbons (Fsp3) is 0.727. The molecule has 7 nitrogen and oxygen atoms in total. The highest BCUT2D eigenvalue weighted by molar-refractivity contribution is 8.00. The summed E-state index contributed by atoms with van der Waals surface area (Å²) in [5.74, 6) is -0.263. The van der Waals surface area contributed by atoms with Gasteiger partial charge in [0.15, 0.2) is 0 Å². The van der Waals surface area contributed by atoms with Gasteiger partial charge in [0.2, 0.25) is 11.8 Å². The number of amides is 2. The van der Waals surface area contributed by atoms with Crippen molar-refractivity contribution in [3.05, 3.63) is 0 Å². The van der Waals surface area contributed by atoms with Crippen molar-refractivity contribution in [2.24, 2.45) is 0 Å². The lowest BCUT2D eigenvalue weighted by Crippen LogP contribution is -2.52. The van der Waals surface area contributed by atoms with Gasteiger partial charge in [0.25, 0.3) is 0 Å². The molecule has 0 aromatic heterocycles. The molecule has 2 fully saturated rings. The Morgan fingerprint density at radius 3 is 2.89 bits per heavy atom. The topological polar surface area (TPSA) is 87.2 Å². The van der Waals surface area contributed by atoms with Crippen LogP contribution in [-0.2, 0) is 19.1 Å². The van der Waals surface area contributed by atoms with Crippen LogP contribution in [0.2, 0.25) is 0 Å². The van der Waals surface area contributed by atoms with Crippen molar-refractivity contribution in [1.82, 2.24) is 9.80 Å². The zero-order valence-electron chi connectivity index (χ0n) is 10.4. The number of morpholine rings is 1. The number of aliphatic carboxylic acids is 1. The van der Waals surface area contributed by atoms with Crippen LogP contribution in [-0.4, -0.2) is 76.7 Å². The molecule has 1 unspecified atom stereocenters. The molecule has 2 rings (SSSR count). The van der Waals surface area contributed by atoms with Gasteiger partial charge in [-0.05, 0) is 0 Å². The summed E-state index contributed by atoms with van der Waals surface area (Å²) in [6.45, 7) is 1.05. The fourth-order valence-electron chi connectivity index (χ4n) is 2.15. The van der Waals surface area contributed by atoms with E-state index in [-0.39, 0.29) is 31.4 Å². The lowest BCUT2D eigenvalue weighted by molar-refractivity contribution is -0.148. The number of thioether (sulfide) groups is 1. The van der Waals surface area contributed by atoms with Crippen molar-refractivity contribution in [1.29, 1.82) is 0 Å². The standard InChI is InChI=1S/C11H16N2O5S/c14-9(4-12-7-19-6-10(12)15)13-1-2-18-5-8(13)3-11(16)17/h8H,1-7H2,(H,16,17). The quantitative estimate of drug-likeness (QED) is 0.730. The third-order valence-corrected chi connectivity index (χ3v) is 4.05. The highest BCUT2D eigenvalue weighted by atomic mass is 32.2. The van der Waals surface area contributed by atoms with Crippen molar-refractivity contribution in [2.45, 2.75) is 12.5 Å². The van der Waals surface area contributed by atoms with Crippen LogP contribution in [0.4, 0.5) is 0 Å². The van der Waals surface area contributed by atoms with Gasteiger partial charge in [-0.3, -0.25) is 14.4 Å². The highest BCUT2D eigenvalue weighted by Gasteiger charge is 2.31. The van der Waals surface area contributed by atoms with E-state index >= 15 is 0 Å². The van der Waals surface area contributed by atoms with Gasteiger partial charge in [0.1, 0.15) is 6.54 Å². The number of nitrogens with zero attached hydrogens (tertiary/aromatic N) is 2. The number of hydrogen-bond donors (Lipinski definition) is 1. The SMILES string of the molecule is O=C(O)CC1COCCN1C(=O)CN1CSCC1=O. The van der Waals surface area contributed by atoms with Gasteiger partial charge in [0, 0.05) is 6.54 Å². The number of carbonyl (C=O) groups is 3. The predicted octanol–water partition coefficient (Wildman–Crippen LogP) is -0.779. The van der Waals surface area contributed by atoms with E-state index in [0.29, 0.717) is 24.8 Å². The summed E-state index contributed by atoms with van der Waals surface area (Å²) in [7, 11) is 0. The van der Waals surface area contributed by atoms with E-state index in [1.54, 1.807) is 0 Å². The second-order valence-electron chi connectivity index (χ2n) is 4.48. The first-order chi connectivity index (χ1) is 9.08. The third-order valence-electron chi connectivity index (χ3n) is 3.11. The Balaban J connectivity index is 1.94. The van der Waals surface area contributed by atoms with E-state index in [2.05, 4.69) is 0 Å². The van der Waals surface area contributed by atoms with Crippen LogP contribution in [0.15, 0.2) is 0 Å². The minimum absolute atomic E-state index is 0.0297. The summed E-state index contributed by atoms with van der Waals surface area (Å²) in [6.07, 6.45) is -0.131. The monoisotopic (exact) mass is 288 g/mol. The van der Waals surface area contributed by atoms with Crippen LogP contribution in [0.1, 0.15) is 6.42 Å². The maximum atomic E-state index is 12.2. The molecule has 1 atom stereocenters. The molecule has 2 heterocycles. The molecule has 0 aromatic rings. The molecular formula is C11H16N2O5S. The van der Waals surface area contributed by atoms with Crippen LogP contribution in [0, 0.1) is 0 Å². The number of carboxylic acid groups (broad SMARTS) is 1. The summed E-state index contributed by atoms with van der Waals surface area (Å²) in [6, 6.07) is -0.441. The van der Waals surface area contributed by atoms with Crippen LogP contribution in [0.25, 0.3) is 0 Å². The first-order valence-corrected chi connectivity index (χ1v) is 7.18. The minimum Gasteiger partial charge on any atom is -0.481 e. The molecule has 8 heteroatoms. The van der Waals surface area contributed by atoms with Gasteiger partial charge < -0.3 is 19.6 Å². The first kappa shape index (κ1) is 14.1. The predicted molar refractivity (Wildman–Crippen MR) is 67.6 cm³/mol. The molecule has 106 valence electrons. The van der Waals surface area contributed by atoms with Gasteiger partial charge in [-0.1, -0.05) is 0 Å². The molecule has 0 saturated carbocycles. The molecule has 1 N–H and O–H groups in total. The van der Waals surface area contributed by atoms with E-state index < -0.39 is 12.0 Å². The molecule has 19 heavy (non-hydrogen) atoms. The van der Waals surface area contributed by atoms with Gasteiger partial charge in [-0.15, -0.1) is 11.8 Å². The second-order valence-corrected chi connectivity index (χ2v) is 5.44. The summed E-state index contributed by atoms with van der Waals surface area (Å²) in [5.41, 5.74) is 0. The van der Waals surface area contributed by atoms with Crippen molar-refractivity contribution < 1.29 is 24.2 Å². The second kappa shape index (κ2) is 6.25. The smallest absolute Gasteiger partial charge is 0.305 e. The maximum Gasteiger partial charge on any atom is 0.305 e. The van der Waals surface area contributed by atoms with Crippen molar-refractivity contribution in [3.63, 3.8) is 0 Å². The van der Waals surface area contributed by atoms with E-state index in [0.717, 1.165) is 0 Å². The van der Waals surface area contributed by atoms with Gasteiger partial charge >= 0.3 is 5.97 Å². The summed E-state index contributed by atoms with van der Waals surface area (Å²) in [4.78, 5) is 37.4. The number of rotatable bonds is 4. The maximum absolute atomic E-state index is 12.2. The lowest BCUT2D eigenvalue weighted by Gasteiger charge is -2.35. The largest absolute Gasteiger partial charge is 0.481 e. The summed E-state index contributed by atoms with van der Waals surface area (Å²) >= 11 is 1.48. The van der Waals surface area contributed by atoms with Crippen molar-refractivity contribution in [2.75, 3.05) is 37.9 Å². The Bertz CT molecular complexity index is 389. The van der Waals surface area contributed by atoms with E-state index in [1.807, 2.05) is 0 Å². The van der Waals surface area contributed by atoms with Crippen molar-refractivity contribution >= 4 is 29.5 Å². The highest BCUT2D eigenvalue weighted by Crippen LogP contribution is 2.16. The Morgan fingerprint density at radius 1 is 1.47 bits per heavy atom. The van der Waals surface area contributed by atoms with Crippen LogP contribution >= 0.6 is 11.8 Å². The molecule has 2 saturated heterocycles. The van der Waals surface area contributed by atoms with Crippen LogP contribution in [0.5, 0.6) is 0 Å². The van der Waals surface area contributed by atoms with E-state index in [9.17, 15) is 14.4 Å². The molecule has 0 bridgehead atoms. The number of carboxylic acids is 1. The molecule has 2 amide bonds. The first-order valence-electron chi connectivity index (χ1n) is 6.02. The third kappa shape index (κ3) is 3.60. The zero-order valence-corrected chi connectivity index (χ0v) is 11.2. The van der Waals surface area contributed by atoms with Crippen molar-refractivity contribution in [3.8, 4) is 0 Å². The molecule has 0 spiro atoms. The normalized spacial score (nSPS) is 23.8. The van der Waals surface area contributed by atoms with Crippen LogP contribution < -0.4 is 0 Å². The Kier molecular flexibility index (Phi) is 4.65. The molecule has 2 aliphatic heterocycles. The summed E-state index contributed by atoms with van der Waals surface area (Å²) < 4.78 is 5.21. The molecule has 0 aliphatic carbocycles. The average molecular weight is 288 g/mol. The minimum atomic E-state index is -0.957. The molecular weight excluding hydrogens is 272 g/mol. The average Bonchev–Trinajstić information content (AvgIpc) is 2.75. The van der Waals surface area contributed by atoms with E-state index in [1.165, 1.54) is 21.6 Å². The molecule has 0 aromatic carbocycles.